The van der Waals surface area contributed by atoms with Crippen LogP contribution in [0.15, 0.2) is 34.9 Å². The number of aromatic nitrogens is 2. The van der Waals surface area contributed by atoms with Crippen LogP contribution in [0.4, 0.5) is 4.39 Å². The van der Waals surface area contributed by atoms with Gasteiger partial charge in [0.25, 0.3) is 11.6 Å². The molecule has 0 spiro atoms. The molecule has 152 valence electrons. The van der Waals surface area contributed by atoms with Crippen LogP contribution < -0.4 is 5.32 Å². The average molecular weight is 418 g/mol. The molecule has 1 aromatic carbocycles. The van der Waals surface area contributed by atoms with Crippen molar-refractivity contribution in [2.45, 2.75) is 13.3 Å². The molecule has 2 aromatic heterocycles. The fourth-order valence-corrected chi connectivity index (χ4v) is 4.90. The van der Waals surface area contributed by atoms with Crippen molar-refractivity contribution in [1.29, 1.82) is 0 Å². The number of aryl methyl sites for hydroxylation is 1. The first kappa shape index (κ1) is 19.5. The Balaban J connectivity index is 1.60. The number of pyridine rings is 1. The molecule has 0 atom stereocenters. The van der Waals surface area contributed by atoms with Gasteiger partial charge in [0.2, 0.25) is 10.0 Å². The number of nitrogens with one attached hydrogen (secondary N) is 1. The molecule has 0 radical (unpaired) electrons. The predicted molar refractivity (Wildman–Crippen MR) is 104 cm³/mol. The highest BCUT2D eigenvalue weighted by Gasteiger charge is 2.28. The molecule has 3 heterocycles. The van der Waals surface area contributed by atoms with Crippen LogP contribution >= 0.6 is 0 Å². The van der Waals surface area contributed by atoms with E-state index in [-0.39, 0.29) is 36.3 Å². The van der Waals surface area contributed by atoms with Gasteiger partial charge in [0.1, 0.15) is 5.82 Å². The third-order valence-electron chi connectivity index (χ3n) is 4.85. The van der Waals surface area contributed by atoms with Crippen LogP contribution in [0, 0.1) is 12.7 Å². The largest absolute Gasteiger partial charge is 0.351 e. The summed E-state index contributed by atoms with van der Waals surface area (Å²) in [5.41, 5.74) is 2.11. The zero-order valence-corrected chi connectivity index (χ0v) is 16.5. The average Bonchev–Trinajstić information content (AvgIpc) is 3.23. The third kappa shape index (κ3) is 3.85. The summed E-state index contributed by atoms with van der Waals surface area (Å²) in [7, 11) is -3.21. The monoisotopic (exact) mass is 418 g/mol. The lowest BCUT2D eigenvalue weighted by molar-refractivity contribution is 0.0953. The van der Waals surface area contributed by atoms with Crippen molar-refractivity contribution in [2.75, 3.05) is 25.4 Å². The van der Waals surface area contributed by atoms with Crippen molar-refractivity contribution in [1.82, 2.24) is 19.8 Å². The van der Waals surface area contributed by atoms with E-state index in [0.717, 1.165) is 0 Å². The summed E-state index contributed by atoms with van der Waals surface area (Å²) in [5.74, 6) is -0.615. The Hall–Kier alpha value is -2.85. The van der Waals surface area contributed by atoms with Crippen molar-refractivity contribution >= 4 is 27.0 Å². The Kier molecular flexibility index (Phi) is 5.05. The molecule has 1 aliphatic heterocycles. The number of hydrogen-bond donors (Lipinski definition) is 1. The third-order valence-corrected chi connectivity index (χ3v) is 6.81. The summed E-state index contributed by atoms with van der Waals surface area (Å²) in [6.45, 7) is 2.57. The minimum absolute atomic E-state index is 0.146. The number of fused-ring (bicyclic) bond motifs is 1. The Morgan fingerprint density at radius 2 is 2.07 bits per heavy atom. The van der Waals surface area contributed by atoms with E-state index >= 15 is 0 Å². The molecule has 0 saturated carbocycles. The molecule has 8 nitrogen and oxygen atoms in total. The number of carbonyl (C=O) groups excluding carboxylic acids is 1. The SMILES string of the molecule is Cc1noc2nc(-c3ccc(F)cc3)cc(C(=O)NCCN3CCCS3(=O)=O)c12. The highest BCUT2D eigenvalue weighted by molar-refractivity contribution is 7.89. The van der Waals surface area contributed by atoms with Gasteiger partial charge in [-0.1, -0.05) is 5.16 Å². The topological polar surface area (TPSA) is 105 Å². The van der Waals surface area contributed by atoms with Crippen LogP contribution in [0.1, 0.15) is 22.5 Å². The van der Waals surface area contributed by atoms with Crippen LogP contribution in [0.5, 0.6) is 0 Å². The van der Waals surface area contributed by atoms with Gasteiger partial charge in [-0.2, -0.15) is 0 Å². The van der Waals surface area contributed by atoms with Crippen molar-refractivity contribution in [3.63, 3.8) is 0 Å². The quantitative estimate of drug-likeness (QED) is 0.680. The highest BCUT2D eigenvalue weighted by atomic mass is 32.2. The first-order chi connectivity index (χ1) is 13.8. The Morgan fingerprint density at radius 1 is 1.31 bits per heavy atom. The van der Waals surface area contributed by atoms with Gasteiger partial charge >= 0.3 is 0 Å². The number of carbonyl (C=O) groups is 1. The number of sulfonamides is 1. The van der Waals surface area contributed by atoms with Crippen LogP contribution in [0.3, 0.4) is 0 Å². The van der Waals surface area contributed by atoms with Gasteiger partial charge in [0.15, 0.2) is 0 Å². The van der Waals surface area contributed by atoms with Crippen LogP contribution in [-0.4, -0.2) is 54.2 Å². The fraction of sp³-hybridized carbons (Fsp3) is 0.316. The zero-order valence-electron chi connectivity index (χ0n) is 15.7. The van der Waals surface area contributed by atoms with Gasteiger partial charge in [-0.25, -0.2) is 22.1 Å². The summed E-state index contributed by atoms with van der Waals surface area (Å²) < 4.78 is 43.6. The number of benzene rings is 1. The molecule has 0 bridgehead atoms. The maximum Gasteiger partial charge on any atom is 0.259 e. The molecular weight excluding hydrogens is 399 g/mol. The second kappa shape index (κ2) is 7.53. The van der Waals surface area contributed by atoms with E-state index in [1.165, 1.54) is 16.4 Å². The molecule has 1 amide bonds. The summed E-state index contributed by atoms with van der Waals surface area (Å²) in [4.78, 5) is 17.2. The van der Waals surface area contributed by atoms with Gasteiger partial charge in [0, 0.05) is 25.2 Å². The maximum absolute atomic E-state index is 13.2. The molecule has 29 heavy (non-hydrogen) atoms. The minimum atomic E-state index is -3.21. The fourth-order valence-electron chi connectivity index (χ4n) is 3.37. The number of amides is 1. The molecular formula is C19H19FN4O4S. The van der Waals surface area contributed by atoms with Gasteiger partial charge in [0.05, 0.1) is 28.1 Å². The van der Waals surface area contributed by atoms with Crippen LogP contribution in [0.2, 0.25) is 0 Å². The minimum Gasteiger partial charge on any atom is -0.351 e. The first-order valence-corrected chi connectivity index (χ1v) is 10.7. The van der Waals surface area contributed by atoms with E-state index < -0.39 is 10.0 Å². The second-order valence-corrected chi connectivity index (χ2v) is 8.92. The molecule has 0 aliphatic carbocycles. The van der Waals surface area contributed by atoms with Crippen molar-refractivity contribution in [2.24, 2.45) is 0 Å². The lowest BCUT2D eigenvalue weighted by Crippen LogP contribution is -2.36. The second-order valence-electron chi connectivity index (χ2n) is 6.83. The van der Waals surface area contributed by atoms with Gasteiger partial charge in [-0.15, -0.1) is 0 Å². The molecule has 1 aliphatic rings. The van der Waals surface area contributed by atoms with Gasteiger partial charge in [-0.05, 0) is 43.7 Å². The molecule has 1 N–H and O–H groups in total. The van der Waals surface area contributed by atoms with E-state index in [2.05, 4.69) is 15.5 Å². The van der Waals surface area contributed by atoms with Gasteiger partial charge in [-0.3, -0.25) is 4.79 Å². The lowest BCUT2D eigenvalue weighted by Gasteiger charge is -2.14. The van der Waals surface area contributed by atoms with Crippen molar-refractivity contribution in [3.8, 4) is 11.3 Å². The van der Waals surface area contributed by atoms with E-state index in [0.29, 0.717) is 40.9 Å². The van der Waals surface area contributed by atoms with Crippen LogP contribution in [-0.2, 0) is 10.0 Å². The summed E-state index contributed by atoms with van der Waals surface area (Å²) in [5, 5.41) is 7.13. The number of nitrogens with zero attached hydrogens (tertiary/aromatic N) is 3. The van der Waals surface area contributed by atoms with E-state index in [9.17, 15) is 17.6 Å². The molecule has 10 heteroatoms. The normalized spacial score (nSPS) is 16.3. The lowest BCUT2D eigenvalue weighted by atomic mass is 10.1. The smallest absolute Gasteiger partial charge is 0.259 e. The van der Waals surface area contributed by atoms with Crippen LogP contribution in [0.25, 0.3) is 22.4 Å². The van der Waals surface area contributed by atoms with Gasteiger partial charge < -0.3 is 9.84 Å². The van der Waals surface area contributed by atoms with E-state index in [1.807, 2.05) is 0 Å². The Morgan fingerprint density at radius 3 is 2.76 bits per heavy atom. The molecule has 4 rings (SSSR count). The van der Waals surface area contributed by atoms with E-state index in [1.54, 1.807) is 25.1 Å². The first-order valence-electron chi connectivity index (χ1n) is 9.14. The standard InChI is InChI=1S/C19H19FN4O4S/c1-12-17-15(18(25)21-7-9-24-8-2-10-29(24,26)27)11-16(22-19(17)28-23-12)13-3-5-14(20)6-4-13/h3-6,11H,2,7-10H2,1H3,(H,21,25). The summed E-state index contributed by atoms with van der Waals surface area (Å²) in [6.07, 6.45) is 0.599. The molecule has 0 unspecified atom stereocenters. The highest BCUT2D eigenvalue weighted by Crippen LogP contribution is 2.27. The molecule has 1 saturated heterocycles. The summed E-state index contributed by atoms with van der Waals surface area (Å²) >= 11 is 0. The van der Waals surface area contributed by atoms with Crippen molar-refractivity contribution < 1.29 is 22.1 Å². The van der Waals surface area contributed by atoms with E-state index in [4.69, 9.17) is 4.52 Å². The number of hydrogen-bond acceptors (Lipinski definition) is 6. The van der Waals surface area contributed by atoms with Crippen molar-refractivity contribution in [3.05, 3.63) is 47.4 Å². The number of rotatable bonds is 5. The molecule has 3 aromatic rings. The maximum atomic E-state index is 13.2. The zero-order chi connectivity index (χ0) is 20.6. The number of halogens is 1. The molecule has 1 fully saturated rings. The Labute approximate surface area is 166 Å². The Bertz CT molecular complexity index is 1170. The summed E-state index contributed by atoms with van der Waals surface area (Å²) in [6, 6.07) is 7.34. The predicted octanol–water partition coefficient (Wildman–Crippen LogP) is 2.10.